The summed E-state index contributed by atoms with van der Waals surface area (Å²) >= 11 is 5.76. The van der Waals surface area contributed by atoms with Gasteiger partial charge in [0.15, 0.2) is 9.84 Å². The topological polar surface area (TPSA) is 66.5 Å². The molecule has 0 radical (unpaired) electrons. The Bertz CT molecular complexity index is 593. The van der Waals surface area contributed by atoms with Crippen LogP contribution in [0.4, 0.5) is 5.69 Å². The number of hydrogen-bond acceptors (Lipinski definition) is 4. The fourth-order valence-corrected chi connectivity index (χ4v) is 4.10. The summed E-state index contributed by atoms with van der Waals surface area (Å²) in [5, 5.41) is 2.74. The fraction of sp³-hybridized carbons (Fsp3) is 0.500. The van der Waals surface area contributed by atoms with Crippen molar-refractivity contribution in [3.63, 3.8) is 0 Å². The van der Waals surface area contributed by atoms with Crippen molar-refractivity contribution in [2.45, 2.75) is 18.1 Å². The van der Waals surface area contributed by atoms with E-state index in [9.17, 15) is 13.2 Å². The molecule has 0 spiro atoms. The zero-order valence-electron chi connectivity index (χ0n) is 11.9. The molecule has 1 heterocycles. The number of carbonyl (C=O) groups excluding carboxylic acids is 1. The van der Waals surface area contributed by atoms with Crippen LogP contribution >= 0.6 is 11.6 Å². The normalized spacial score (nSPS) is 17.6. The molecule has 0 aliphatic carbocycles. The number of halogens is 1. The van der Waals surface area contributed by atoms with E-state index in [0.29, 0.717) is 23.6 Å². The Morgan fingerprint density at radius 1 is 1.29 bits per heavy atom. The number of hydrogen-bond donors (Lipinski definition) is 1. The highest BCUT2D eigenvalue weighted by Gasteiger charge is 2.30. The predicted molar refractivity (Wildman–Crippen MR) is 84.4 cm³/mol. The highest BCUT2D eigenvalue weighted by atomic mass is 35.5. The molecule has 116 valence electrons. The van der Waals surface area contributed by atoms with Crippen LogP contribution in [0.2, 0.25) is 5.02 Å². The second-order valence-corrected chi connectivity index (χ2v) is 8.08. The Kier molecular flexibility index (Phi) is 5.24. The van der Waals surface area contributed by atoms with Crippen LogP contribution in [-0.2, 0) is 14.6 Å². The molecule has 7 heteroatoms. The standard InChI is InChI=1S/C14H19ClN2O3S/c1-17-8-6-13(7-9-17)21(19,20)10-14(18)16-12-4-2-11(15)3-5-12/h2-5,13H,6-10H2,1H3,(H,16,18). The maximum absolute atomic E-state index is 12.2. The molecule has 1 aromatic rings. The number of piperidine rings is 1. The first kappa shape index (κ1) is 16.3. The second kappa shape index (κ2) is 6.77. The molecule has 1 amide bonds. The Morgan fingerprint density at radius 2 is 1.86 bits per heavy atom. The minimum Gasteiger partial charge on any atom is -0.325 e. The van der Waals surface area contributed by atoms with Crippen LogP contribution in [0.5, 0.6) is 0 Å². The number of benzene rings is 1. The molecule has 0 unspecified atom stereocenters. The van der Waals surface area contributed by atoms with Crippen LogP contribution in [0.15, 0.2) is 24.3 Å². The smallest absolute Gasteiger partial charge is 0.239 e. The van der Waals surface area contributed by atoms with Gasteiger partial charge in [-0.05, 0) is 57.2 Å². The van der Waals surface area contributed by atoms with E-state index < -0.39 is 26.7 Å². The minimum absolute atomic E-state index is 0.412. The fourth-order valence-electron chi connectivity index (χ4n) is 2.37. The van der Waals surface area contributed by atoms with Crippen LogP contribution < -0.4 is 5.32 Å². The number of sulfone groups is 1. The Hall–Kier alpha value is -1.11. The number of anilines is 1. The van der Waals surface area contributed by atoms with E-state index in [1.54, 1.807) is 24.3 Å². The molecule has 1 aliphatic heterocycles. The van der Waals surface area contributed by atoms with E-state index >= 15 is 0 Å². The minimum atomic E-state index is -3.40. The summed E-state index contributed by atoms with van der Waals surface area (Å²) in [6, 6.07) is 6.57. The van der Waals surface area contributed by atoms with Crippen LogP contribution in [0, 0.1) is 0 Å². The summed E-state index contributed by atoms with van der Waals surface area (Å²) in [6.45, 7) is 1.51. The quantitative estimate of drug-likeness (QED) is 0.914. The zero-order valence-corrected chi connectivity index (χ0v) is 13.5. The molecule has 0 bridgehead atoms. The first-order valence-electron chi connectivity index (χ1n) is 6.82. The molecule has 0 atom stereocenters. The summed E-state index contributed by atoms with van der Waals surface area (Å²) in [5.41, 5.74) is 0.544. The van der Waals surface area contributed by atoms with Gasteiger partial charge in [-0.15, -0.1) is 0 Å². The van der Waals surface area contributed by atoms with Crippen molar-refractivity contribution in [2.24, 2.45) is 0 Å². The van der Waals surface area contributed by atoms with Crippen molar-refractivity contribution in [1.29, 1.82) is 0 Å². The van der Waals surface area contributed by atoms with Crippen molar-refractivity contribution >= 4 is 33.0 Å². The molecule has 1 aromatic carbocycles. The maximum Gasteiger partial charge on any atom is 0.239 e. The third-order valence-electron chi connectivity index (χ3n) is 3.63. The van der Waals surface area contributed by atoms with Gasteiger partial charge in [-0.1, -0.05) is 11.6 Å². The van der Waals surface area contributed by atoms with Crippen LogP contribution in [-0.4, -0.2) is 50.4 Å². The molecule has 0 aromatic heterocycles. The molecule has 1 fully saturated rings. The monoisotopic (exact) mass is 330 g/mol. The van der Waals surface area contributed by atoms with Gasteiger partial charge in [0.25, 0.3) is 0 Å². The molecule has 0 saturated carbocycles. The third-order valence-corrected chi connectivity index (χ3v) is 6.04. The lowest BCUT2D eigenvalue weighted by atomic mass is 10.1. The molecule has 2 rings (SSSR count). The SMILES string of the molecule is CN1CCC(S(=O)(=O)CC(=O)Nc2ccc(Cl)cc2)CC1. The lowest BCUT2D eigenvalue weighted by molar-refractivity contribution is -0.113. The molecular weight excluding hydrogens is 312 g/mol. The van der Waals surface area contributed by atoms with Gasteiger partial charge in [0, 0.05) is 10.7 Å². The number of nitrogens with one attached hydrogen (secondary N) is 1. The highest BCUT2D eigenvalue weighted by molar-refractivity contribution is 7.92. The van der Waals surface area contributed by atoms with Crippen LogP contribution in [0.3, 0.4) is 0 Å². The van der Waals surface area contributed by atoms with Gasteiger partial charge < -0.3 is 10.2 Å². The number of rotatable bonds is 4. The largest absolute Gasteiger partial charge is 0.325 e. The van der Waals surface area contributed by atoms with Gasteiger partial charge in [-0.25, -0.2) is 8.42 Å². The van der Waals surface area contributed by atoms with Crippen molar-refractivity contribution in [2.75, 3.05) is 31.2 Å². The molecular formula is C14H19ClN2O3S. The average Bonchev–Trinajstić information content (AvgIpc) is 2.41. The second-order valence-electron chi connectivity index (χ2n) is 5.36. The van der Waals surface area contributed by atoms with E-state index in [2.05, 4.69) is 10.2 Å². The zero-order chi connectivity index (χ0) is 15.5. The van der Waals surface area contributed by atoms with E-state index in [1.807, 2.05) is 7.05 Å². The highest BCUT2D eigenvalue weighted by Crippen LogP contribution is 2.18. The van der Waals surface area contributed by atoms with Crippen molar-refractivity contribution < 1.29 is 13.2 Å². The number of carbonyl (C=O) groups is 1. The van der Waals surface area contributed by atoms with Gasteiger partial charge >= 0.3 is 0 Å². The van der Waals surface area contributed by atoms with E-state index in [4.69, 9.17) is 11.6 Å². The number of nitrogens with zero attached hydrogens (tertiary/aromatic N) is 1. The lowest BCUT2D eigenvalue weighted by Gasteiger charge is -2.28. The average molecular weight is 331 g/mol. The first-order chi connectivity index (χ1) is 9.87. The first-order valence-corrected chi connectivity index (χ1v) is 8.92. The molecule has 1 N–H and O–H groups in total. The predicted octanol–water partition coefficient (Wildman–Crippen LogP) is 1.79. The maximum atomic E-state index is 12.2. The number of amides is 1. The molecule has 1 saturated heterocycles. The Balaban J connectivity index is 1.93. The summed E-state index contributed by atoms with van der Waals surface area (Å²) in [6.07, 6.45) is 1.18. The summed E-state index contributed by atoms with van der Waals surface area (Å²) < 4.78 is 24.5. The van der Waals surface area contributed by atoms with E-state index in [1.165, 1.54) is 0 Å². The van der Waals surface area contributed by atoms with E-state index in [0.717, 1.165) is 13.1 Å². The van der Waals surface area contributed by atoms with Gasteiger partial charge in [0.05, 0.1) is 5.25 Å². The Morgan fingerprint density at radius 3 is 2.43 bits per heavy atom. The Labute approximate surface area is 130 Å². The molecule has 1 aliphatic rings. The summed E-state index contributed by atoms with van der Waals surface area (Å²) in [5.74, 6) is -0.972. The van der Waals surface area contributed by atoms with Crippen LogP contribution in [0.25, 0.3) is 0 Å². The van der Waals surface area contributed by atoms with Crippen molar-refractivity contribution in [3.05, 3.63) is 29.3 Å². The number of likely N-dealkylation sites (tertiary alicyclic amines) is 1. The van der Waals surface area contributed by atoms with Crippen molar-refractivity contribution in [1.82, 2.24) is 4.90 Å². The van der Waals surface area contributed by atoms with Crippen LogP contribution in [0.1, 0.15) is 12.8 Å². The molecule has 5 nitrogen and oxygen atoms in total. The van der Waals surface area contributed by atoms with Gasteiger partial charge in [-0.3, -0.25) is 4.79 Å². The summed E-state index contributed by atoms with van der Waals surface area (Å²) in [4.78, 5) is 14.0. The van der Waals surface area contributed by atoms with Gasteiger partial charge in [0.2, 0.25) is 5.91 Å². The van der Waals surface area contributed by atoms with E-state index in [-0.39, 0.29) is 0 Å². The van der Waals surface area contributed by atoms with Gasteiger partial charge in [-0.2, -0.15) is 0 Å². The van der Waals surface area contributed by atoms with Gasteiger partial charge in [0.1, 0.15) is 5.75 Å². The third kappa shape index (κ3) is 4.69. The summed E-state index contributed by atoms with van der Waals surface area (Å²) in [7, 11) is -1.43. The lowest BCUT2D eigenvalue weighted by Crippen LogP contribution is -2.39. The van der Waals surface area contributed by atoms with Crippen molar-refractivity contribution in [3.8, 4) is 0 Å². The molecule has 21 heavy (non-hydrogen) atoms.